The zero-order valence-electron chi connectivity index (χ0n) is 18.0. The zero-order chi connectivity index (χ0) is 23.4. The minimum atomic E-state index is -0.777. The number of halogens is 2. The highest BCUT2D eigenvalue weighted by molar-refractivity contribution is 6.39. The van der Waals surface area contributed by atoms with Gasteiger partial charge in [-0.2, -0.15) is 0 Å². The van der Waals surface area contributed by atoms with Gasteiger partial charge in [0.05, 0.1) is 23.1 Å². The van der Waals surface area contributed by atoms with Gasteiger partial charge < -0.3 is 19.1 Å². The molecule has 1 saturated heterocycles. The summed E-state index contributed by atoms with van der Waals surface area (Å²) >= 11 is 12.5. The van der Waals surface area contributed by atoms with Crippen molar-refractivity contribution in [2.24, 2.45) is 5.92 Å². The molecule has 32 heavy (non-hydrogen) atoms. The molecule has 0 radical (unpaired) electrons. The number of amides is 2. The second-order valence-corrected chi connectivity index (χ2v) is 8.52. The van der Waals surface area contributed by atoms with Crippen LogP contribution in [0.15, 0.2) is 22.7 Å². The van der Waals surface area contributed by atoms with Crippen molar-refractivity contribution < 1.29 is 23.6 Å². The highest BCUT2D eigenvalue weighted by Gasteiger charge is 2.36. The van der Waals surface area contributed by atoms with Crippen LogP contribution in [0.2, 0.25) is 10.0 Å². The lowest BCUT2D eigenvalue weighted by molar-refractivity contribution is -0.128. The first-order chi connectivity index (χ1) is 15.2. The molecule has 172 valence electrons. The second kappa shape index (κ2) is 10.3. The maximum absolute atomic E-state index is 12.8. The summed E-state index contributed by atoms with van der Waals surface area (Å²) in [7, 11) is 5.12. The smallest absolute Gasteiger partial charge is 0.345 e. The molecular formula is C21H24Cl2N4O5. The molecule has 1 unspecified atom stereocenters. The van der Waals surface area contributed by atoms with Gasteiger partial charge >= 0.3 is 5.97 Å². The van der Waals surface area contributed by atoms with E-state index in [1.807, 2.05) is 19.0 Å². The van der Waals surface area contributed by atoms with E-state index in [1.54, 1.807) is 23.1 Å². The number of rotatable bonds is 8. The van der Waals surface area contributed by atoms with Crippen LogP contribution in [0.4, 0.5) is 5.88 Å². The average Bonchev–Trinajstić information content (AvgIpc) is 3.31. The molecule has 1 fully saturated rings. The summed E-state index contributed by atoms with van der Waals surface area (Å²) in [5.74, 6) is -2.08. The van der Waals surface area contributed by atoms with Crippen LogP contribution in [0, 0.1) is 5.92 Å². The molecule has 2 aromatic rings. The molecule has 3 rings (SSSR count). The molecule has 1 N–H and O–H groups in total. The Hall–Kier alpha value is -2.62. The van der Waals surface area contributed by atoms with Crippen LogP contribution in [0.3, 0.4) is 0 Å². The molecule has 2 amide bonds. The van der Waals surface area contributed by atoms with Crippen LogP contribution >= 0.6 is 23.2 Å². The molecule has 0 aliphatic carbocycles. The molecule has 1 aliphatic rings. The van der Waals surface area contributed by atoms with E-state index in [1.165, 1.54) is 7.11 Å². The summed E-state index contributed by atoms with van der Waals surface area (Å²) in [6, 6.07) is 4.83. The Kier molecular flexibility index (Phi) is 7.76. The Balaban J connectivity index is 1.79. The van der Waals surface area contributed by atoms with Gasteiger partial charge in [0.2, 0.25) is 17.7 Å². The maximum Gasteiger partial charge on any atom is 0.345 e. The molecule has 2 heterocycles. The maximum atomic E-state index is 12.8. The lowest BCUT2D eigenvalue weighted by atomic mass is 10.1. The van der Waals surface area contributed by atoms with Crippen molar-refractivity contribution in [2.45, 2.75) is 12.8 Å². The van der Waals surface area contributed by atoms with Crippen molar-refractivity contribution in [1.29, 1.82) is 0 Å². The zero-order valence-corrected chi connectivity index (χ0v) is 19.5. The number of carbonyl (C=O) groups is 3. The first-order valence-corrected chi connectivity index (χ1v) is 10.7. The van der Waals surface area contributed by atoms with Crippen LogP contribution in [0.5, 0.6) is 0 Å². The van der Waals surface area contributed by atoms with E-state index in [4.69, 9.17) is 32.5 Å². The summed E-state index contributed by atoms with van der Waals surface area (Å²) in [5, 5.41) is 6.98. The van der Waals surface area contributed by atoms with Gasteiger partial charge in [0.1, 0.15) is 5.69 Å². The van der Waals surface area contributed by atoms with E-state index >= 15 is 0 Å². The van der Waals surface area contributed by atoms with Crippen LogP contribution in [0.1, 0.15) is 23.2 Å². The first kappa shape index (κ1) is 24.0. The highest BCUT2D eigenvalue weighted by atomic mass is 35.5. The van der Waals surface area contributed by atoms with Crippen molar-refractivity contribution in [3.8, 4) is 11.3 Å². The van der Waals surface area contributed by atoms with Crippen molar-refractivity contribution in [1.82, 2.24) is 15.0 Å². The van der Waals surface area contributed by atoms with Crippen molar-refractivity contribution in [3.05, 3.63) is 33.8 Å². The molecular weight excluding hydrogens is 459 g/mol. The molecule has 1 aliphatic heterocycles. The Morgan fingerprint density at radius 3 is 2.62 bits per heavy atom. The first-order valence-electron chi connectivity index (χ1n) is 9.98. The van der Waals surface area contributed by atoms with Crippen LogP contribution in [-0.2, 0) is 14.3 Å². The topological polar surface area (TPSA) is 105 Å². The number of hydrogen-bond donors (Lipinski definition) is 1. The molecule has 9 nitrogen and oxygen atoms in total. The van der Waals surface area contributed by atoms with E-state index in [9.17, 15) is 14.4 Å². The largest absolute Gasteiger partial charge is 0.465 e. The van der Waals surface area contributed by atoms with Gasteiger partial charge in [0, 0.05) is 25.1 Å². The van der Waals surface area contributed by atoms with Crippen molar-refractivity contribution in [3.63, 3.8) is 0 Å². The third-order valence-corrected chi connectivity index (χ3v) is 5.77. The van der Waals surface area contributed by atoms with Crippen molar-refractivity contribution in [2.75, 3.05) is 46.2 Å². The van der Waals surface area contributed by atoms with Gasteiger partial charge in [-0.1, -0.05) is 34.4 Å². The van der Waals surface area contributed by atoms with E-state index in [-0.39, 0.29) is 45.1 Å². The molecule has 1 aromatic carbocycles. The summed E-state index contributed by atoms with van der Waals surface area (Å²) < 4.78 is 10.1. The van der Waals surface area contributed by atoms with E-state index in [0.717, 1.165) is 13.0 Å². The van der Waals surface area contributed by atoms with Crippen LogP contribution in [-0.4, -0.2) is 73.6 Å². The molecule has 0 saturated carbocycles. The molecule has 11 heteroatoms. The fraction of sp³-hybridized carbons (Fsp3) is 0.429. The predicted molar refractivity (Wildman–Crippen MR) is 120 cm³/mol. The fourth-order valence-electron chi connectivity index (χ4n) is 3.52. The second-order valence-electron chi connectivity index (χ2n) is 7.71. The highest BCUT2D eigenvalue weighted by Crippen LogP contribution is 2.38. The van der Waals surface area contributed by atoms with Gasteiger partial charge in [-0.05, 0) is 39.2 Å². The van der Waals surface area contributed by atoms with Gasteiger partial charge in [0.15, 0.2) is 5.56 Å². The molecule has 1 aromatic heterocycles. The lowest BCUT2D eigenvalue weighted by Gasteiger charge is -2.17. The number of hydrogen-bond acceptors (Lipinski definition) is 7. The average molecular weight is 483 g/mol. The standard InChI is InChI=1S/C21H24Cl2N4O5/c1-26(2)8-5-9-27-11-12(10-15(27)28)19(29)24-20-17(21(30)31-3)18(25-32-20)16-13(22)6-4-7-14(16)23/h4,6-7,12H,5,8-11H2,1-3H3,(H,24,29). The number of anilines is 1. The minimum absolute atomic E-state index is 0.0514. The Morgan fingerprint density at radius 1 is 1.31 bits per heavy atom. The quantitative estimate of drug-likeness (QED) is 0.575. The van der Waals surface area contributed by atoms with E-state index < -0.39 is 17.8 Å². The number of ether oxygens (including phenoxy) is 1. The van der Waals surface area contributed by atoms with Gasteiger partial charge in [-0.25, -0.2) is 4.79 Å². The minimum Gasteiger partial charge on any atom is -0.465 e. The molecule has 0 spiro atoms. The Bertz CT molecular complexity index is 1000. The third-order valence-electron chi connectivity index (χ3n) is 5.14. The SMILES string of the molecule is COC(=O)c1c(-c2c(Cl)cccc2Cl)noc1NC(=O)C1CC(=O)N(CCCN(C)C)C1. The number of nitrogens with one attached hydrogen (secondary N) is 1. The number of likely N-dealkylation sites (tertiary alicyclic amines) is 1. The van der Waals surface area contributed by atoms with E-state index in [2.05, 4.69) is 10.5 Å². The monoisotopic (exact) mass is 482 g/mol. The van der Waals surface area contributed by atoms with Crippen molar-refractivity contribution >= 4 is 46.9 Å². The number of esters is 1. The predicted octanol–water partition coefficient (Wildman–Crippen LogP) is 3.17. The molecule has 1 atom stereocenters. The fourth-order valence-corrected chi connectivity index (χ4v) is 4.09. The summed E-state index contributed by atoms with van der Waals surface area (Å²) in [6.45, 7) is 1.71. The van der Waals surface area contributed by atoms with Gasteiger partial charge in [0.25, 0.3) is 0 Å². The number of aromatic nitrogens is 1. The normalized spacial score (nSPS) is 16.0. The van der Waals surface area contributed by atoms with Crippen LogP contribution < -0.4 is 5.32 Å². The Morgan fingerprint density at radius 2 is 2.00 bits per heavy atom. The number of carbonyl (C=O) groups excluding carboxylic acids is 3. The molecule has 0 bridgehead atoms. The summed E-state index contributed by atoms with van der Waals surface area (Å²) in [5.41, 5.74) is 0.224. The summed E-state index contributed by atoms with van der Waals surface area (Å²) in [4.78, 5) is 41.3. The summed E-state index contributed by atoms with van der Waals surface area (Å²) in [6.07, 6.45) is 0.891. The Labute approximate surface area is 195 Å². The van der Waals surface area contributed by atoms with Gasteiger partial charge in [-0.3, -0.25) is 14.9 Å². The van der Waals surface area contributed by atoms with Gasteiger partial charge in [-0.15, -0.1) is 0 Å². The third kappa shape index (κ3) is 5.23. The number of nitrogens with zero attached hydrogens (tertiary/aromatic N) is 3. The number of methoxy groups -OCH3 is 1. The van der Waals surface area contributed by atoms with E-state index in [0.29, 0.717) is 13.1 Å². The lowest BCUT2D eigenvalue weighted by Crippen LogP contribution is -2.30. The number of benzene rings is 1. The van der Waals surface area contributed by atoms with Crippen LogP contribution in [0.25, 0.3) is 11.3 Å².